The van der Waals surface area contributed by atoms with Crippen LogP contribution in [0.15, 0.2) is 0 Å². The molecule has 0 bridgehead atoms. The van der Waals surface area contributed by atoms with E-state index in [1.165, 1.54) is 0 Å². The third-order valence-electron chi connectivity index (χ3n) is 3.59. The Bertz CT molecular complexity index is 346. The molecule has 2 rings (SSSR count). The number of likely N-dealkylation sites (tertiary alicyclic amines) is 1. The molecule has 17 heavy (non-hydrogen) atoms. The molecule has 2 saturated heterocycles. The van der Waals surface area contributed by atoms with Gasteiger partial charge in [-0.15, -0.1) is 0 Å². The van der Waals surface area contributed by atoms with E-state index in [1.54, 1.807) is 4.90 Å². The molecular weight excluding hydrogens is 224 g/mol. The molecule has 0 saturated carbocycles. The number of nitrogens with zero attached hydrogens (tertiary/aromatic N) is 1. The van der Waals surface area contributed by atoms with Crippen LogP contribution in [0, 0.1) is 5.92 Å². The largest absolute Gasteiger partial charge is 0.480 e. The van der Waals surface area contributed by atoms with Crippen LogP contribution >= 0.6 is 0 Å². The van der Waals surface area contributed by atoms with Crippen molar-refractivity contribution in [2.24, 2.45) is 11.7 Å². The highest BCUT2D eigenvalue weighted by atomic mass is 16.5. The number of nitrogens with two attached hydrogens (primary N) is 1. The van der Waals surface area contributed by atoms with E-state index in [9.17, 15) is 9.59 Å². The maximum absolute atomic E-state index is 12.1. The van der Waals surface area contributed by atoms with E-state index in [0.29, 0.717) is 26.0 Å². The van der Waals surface area contributed by atoms with Crippen LogP contribution < -0.4 is 5.73 Å². The number of aliphatic carboxylic acids is 1. The lowest BCUT2D eigenvalue weighted by Crippen LogP contribution is -2.51. The van der Waals surface area contributed by atoms with Crippen molar-refractivity contribution in [1.82, 2.24) is 4.90 Å². The second-order valence-electron chi connectivity index (χ2n) is 5.05. The van der Waals surface area contributed by atoms with Gasteiger partial charge in [0.05, 0.1) is 18.6 Å². The van der Waals surface area contributed by atoms with Crippen LogP contribution in [0.1, 0.15) is 19.8 Å². The molecule has 3 unspecified atom stereocenters. The molecule has 2 aliphatic heterocycles. The summed E-state index contributed by atoms with van der Waals surface area (Å²) in [5.41, 5.74) is 4.45. The lowest BCUT2D eigenvalue weighted by atomic mass is 10.0. The number of rotatable bonds is 2. The smallest absolute Gasteiger partial charge is 0.325 e. The fraction of sp³-hybridized carbons (Fsp3) is 0.818. The van der Waals surface area contributed by atoms with Gasteiger partial charge in [0, 0.05) is 13.1 Å². The highest BCUT2D eigenvalue weighted by Gasteiger charge is 2.44. The Morgan fingerprint density at radius 3 is 2.71 bits per heavy atom. The lowest BCUT2D eigenvalue weighted by molar-refractivity contribution is -0.143. The number of hydrogen-bond donors (Lipinski definition) is 2. The van der Waals surface area contributed by atoms with Crippen LogP contribution in [0.4, 0.5) is 0 Å². The Balaban J connectivity index is 1.97. The SMILES string of the molecule is CC1CC(C(=O)N2CCC(N)(C(=O)O)C2)CO1. The van der Waals surface area contributed by atoms with E-state index in [1.807, 2.05) is 6.92 Å². The van der Waals surface area contributed by atoms with E-state index < -0.39 is 11.5 Å². The maximum Gasteiger partial charge on any atom is 0.325 e. The first kappa shape index (κ1) is 12.3. The zero-order valence-electron chi connectivity index (χ0n) is 9.89. The van der Waals surface area contributed by atoms with Gasteiger partial charge in [0.2, 0.25) is 5.91 Å². The van der Waals surface area contributed by atoms with Crippen LogP contribution in [0.25, 0.3) is 0 Å². The highest BCUT2D eigenvalue weighted by molar-refractivity contribution is 5.84. The number of carboxylic acid groups (broad SMARTS) is 1. The fourth-order valence-corrected chi connectivity index (χ4v) is 2.44. The number of carbonyl (C=O) groups excluding carboxylic acids is 1. The van der Waals surface area contributed by atoms with Crippen molar-refractivity contribution < 1.29 is 19.4 Å². The van der Waals surface area contributed by atoms with Gasteiger partial charge < -0.3 is 20.5 Å². The molecule has 1 amide bonds. The van der Waals surface area contributed by atoms with Gasteiger partial charge >= 0.3 is 5.97 Å². The van der Waals surface area contributed by atoms with Gasteiger partial charge in [-0.25, -0.2) is 0 Å². The van der Waals surface area contributed by atoms with E-state index in [0.717, 1.165) is 0 Å². The van der Waals surface area contributed by atoms with Gasteiger partial charge in [-0.05, 0) is 19.8 Å². The van der Waals surface area contributed by atoms with Crippen LogP contribution in [-0.2, 0) is 14.3 Å². The van der Waals surface area contributed by atoms with Gasteiger partial charge in [-0.3, -0.25) is 9.59 Å². The average Bonchev–Trinajstić information content (AvgIpc) is 2.85. The molecule has 0 spiro atoms. The first-order chi connectivity index (χ1) is 7.92. The van der Waals surface area contributed by atoms with Gasteiger partial charge in [0.1, 0.15) is 5.54 Å². The third kappa shape index (κ3) is 2.28. The number of ether oxygens (including phenoxy) is 1. The zero-order valence-corrected chi connectivity index (χ0v) is 9.89. The summed E-state index contributed by atoms with van der Waals surface area (Å²) >= 11 is 0. The van der Waals surface area contributed by atoms with Crippen LogP contribution in [0.5, 0.6) is 0 Å². The highest BCUT2D eigenvalue weighted by Crippen LogP contribution is 2.26. The van der Waals surface area contributed by atoms with Crippen molar-refractivity contribution in [3.8, 4) is 0 Å². The van der Waals surface area contributed by atoms with Gasteiger partial charge in [0.15, 0.2) is 0 Å². The lowest BCUT2D eigenvalue weighted by Gasteiger charge is -2.22. The summed E-state index contributed by atoms with van der Waals surface area (Å²) in [5, 5.41) is 8.99. The second-order valence-corrected chi connectivity index (χ2v) is 5.05. The summed E-state index contributed by atoms with van der Waals surface area (Å²) in [7, 11) is 0. The topological polar surface area (TPSA) is 92.9 Å². The first-order valence-corrected chi connectivity index (χ1v) is 5.85. The summed E-state index contributed by atoms with van der Waals surface area (Å²) in [6.07, 6.45) is 1.13. The van der Waals surface area contributed by atoms with Crippen LogP contribution in [0.2, 0.25) is 0 Å². The third-order valence-corrected chi connectivity index (χ3v) is 3.59. The Morgan fingerprint density at radius 1 is 1.53 bits per heavy atom. The molecule has 2 heterocycles. The van der Waals surface area contributed by atoms with E-state index in [-0.39, 0.29) is 24.5 Å². The van der Waals surface area contributed by atoms with Gasteiger partial charge in [0.25, 0.3) is 0 Å². The van der Waals surface area contributed by atoms with E-state index in [2.05, 4.69) is 0 Å². The molecule has 2 aliphatic rings. The van der Waals surface area contributed by atoms with E-state index in [4.69, 9.17) is 15.6 Å². The minimum Gasteiger partial charge on any atom is -0.480 e. The molecule has 6 nitrogen and oxygen atoms in total. The molecule has 0 radical (unpaired) electrons. The minimum atomic E-state index is -1.28. The Labute approximate surface area is 99.7 Å². The molecule has 0 aromatic rings. The summed E-state index contributed by atoms with van der Waals surface area (Å²) in [4.78, 5) is 24.6. The molecule has 6 heteroatoms. The Kier molecular flexibility index (Phi) is 3.09. The average molecular weight is 242 g/mol. The monoisotopic (exact) mass is 242 g/mol. The standard InChI is InChI=1S/C11H18N2O4/c1-7-4-8(5-17-7)9(14)13-3-2-11(12,6-13)10(15)16/h7-8H,2-6,12H2,1H3,(H,15,16). The first-order valence-electron chi connectivity index (χ1n) is 5.85. The van der Waals surface area contributed by atoms with E-state index >= 15 is 0 Å². The minimum absolute atomic E-state index is 0.0251. The van der Waals surface area contributed by atoms with Gasteiger partial charge in [-0.2, -0.15) is 0 Å². The quantitative estimate of drug-likeness (QED) is 0.676. The molecule has 3 N–H and O–H groups in total. The number of amides is 1. The maximum atomic E-state index is 12.1. The Morgan fingerprint density at radius 2 is 2.24 bits per heavy atom. The Hall–Kier alpha value is -1.14. The molecule has 2 fully saturated rings. The number of carbonyl (C=O) groups is 2. The van der Waals surface area contributed by atoms with Crippen LogP contribution in [-0.4, -0.2) is 53.2 Å². The van der Waals surface area contributed by atoms with Crippen molar-refractivity contribution in [1.29, 1.82) is 0 Å². The van der Waals surface area contributed by atoms with Crippen LogP contribution in [0.3, 0.4) is 0 Å². The molecule has 0 aromatic heterocycles. The van der Waals surface area contributed by atoms with Gasteiger partial charge in [-0.1, -0.05) is 0 Å². The van der Waals surface area contributed by atoms with Crippen molar-refractivity contribution in [2.75, 3.05) is 19.7 Å². The van der Waals surface area contributed by atoms with Crippen molar-refractivity contribution in [3.63, 3.8) is 0 Å². The zero-order chi connectivity index (χ0) is 12.6. The molecule has 96 valence electrons. The summed E-state index contributed by atoms with van der Waals surface area (Å²) in [5.74, 6) is -1.20. The number of hydrogen-bond acceptors (Lipinski definition) is 4. The second kappa shape index (κ2) is 4.27. The summed E-state index contributed by atoms with van der Waals surface area (Å²) < 4.78 is 5.35. The molecule has 0 aliphatic carbocycles. The summed E-state index contributed by atoms with van der Waals surface area (Å²) in [6, 6.07) is 0. The molecular formula is C11H18N2O4. The van der Waals surface area contributed by atoms with Crippen molar-refractivity contribution in [3.05, 3.63) is 0 Å². The van der Waals surface area contributed by atoms with Crippen molar-refractivity contribution in [2.45, 2.75) is 31.4 Å². The normalized spacial score (nSPS) is 37.4. The van der Waals surface area contributed by atoms with Crippen molar-refractivity contribution >= 4 is 11.9 Å². The molecule has 3 atom stereocenters. The molecule has 0 aromatic carbocycles. The fourth-order valence-electron chi connectivity index (χ4n) is 2.44. The predicted octanol–water partition coefficient (Wildman–Crippen LogP) is -0.574. The number of carboxylic acids is 1. The predicted molar refractivity (Wildman–Crippen MR) is 59.3 cm³/mol. The summed E-state index contributed by atoms with van der Waals surface area (Å²) in [6.45, 7) is 2.89.